The van der Waals surface area contributed by atoms with Crippen LogP contribution in [0.2, 0.25) is 0 Å². The van der Waals surface area contributed by atoms with Crippen LogP contribution in [0.1, 0.15) is 21.5 Å². The topological polar surface area (TPSA) is 86.5 Å². The van der Waals surface area contributed by atoms with Crippen molar-refractivity contribution in [1.29, 1.82) is 0 Å². The van der Waals surface area contributed by atoms with E-state index >= 15 is 0 Å². The smallest absolute Gasteiger partial charge is 0.339 e. The largest absolute Gasteiger partial charge is 0.379 e. The van der Waals surface area contributed by atoms with Crippen LogP contribution in [0, 0.1) is 13.8 Å². The van der Waals surface area contributed by atoms with E-state index in [1.54, 1.807) is 12.1 Å². The zero-order chi connectivity index (χ0) is 15.6. The zero-order valence-corrected chi connectivity index (χ0v) is 12.5. The van der Waals surface area contributed by atoms with Crippen LogP contribution in [0.3, 0.4) is 0 Å². The zero-order valence-electron chi connectivity index (χ0n) is 11.7. The van der Waals surface area contributed by atoms with Crippen molar-refractivity contribution in [3.8, 4) is 5.75 Å². The summed E-state index contributed by atoms with van der Waals surface area (Å²) in [6.07, 6.45) is 0. The van der Waals surface area contributed by atoms with Crippen molar-refractivity contribution in [2.75, 3.05) is 0 Å². The summed E-state index contributed by atoms with van der Waals surface area (Å²) in [5.41, 5.74) is 7.16. The number of hydrogen-bond donors (Lipinski definition) is 1. The lowest BCUT2D eigenvalue weighted by atomic mass is 10.1. The Bertz CT molecular complexity index is 760. The van der Waals surface area contributed by atoms with Gasteiger partial charge >= 0.3 is 10.1 Å². The Balaban J connectivity index is 2.31. The standard InChI is InChI=1S/C15H15NO4S/c1-10-7-11(2)9-13(8-10)20-21(18,19)14-5-3-12(4-6-14)15(16)17/h3-9H,1-2H3,(H2,16,17). The fourth-order valence-electron chi connectivity index (χ4n) is 1.94. The predicted octanol–water partition coefficient (Wildman–Crippen LogP) is 2.17. The molecule has 0 unspecified atom stereocenters. The van der Waals surface area contributed by atoms with E-state index in [-0.39, 0.29) is 16.2 Å². The van der Waals surface area contributed by atoms with Gasteiger partial charge in [0.25, 0.3) is 0 Å². The Hall–Kier alpha value is -2.34. The van der Waals surface area contributed by atoms with Gasteiger partial charge < -0.3 is 9.92 Å². The third kappa shape index (κ3) is 3.61. The van der Waals surface area contributed by atoms with E-state index in [9.17, 15) is 13.2 Å². The summed E-state index contributed by atoms with van der Waals surface area (Å²) in [5, 5.41) is 0. The summed E-state index contributed by atoms with van der Waals surface area (Å²) in [4.78, 5) is 10.9. The van der Waals surface area contributed by atoms with Crippen molar-refractivity contribution in [3.63, 3.8) is 0 Å². The lowest BCUT2D eigenvalue weighted by Crippen LogP contribution is -2.13. The first-order valence-electron chi connectivity index (χ1n) is 6.20. The highest BCUT2D eigenvalue weighted by atomic mass is 32.2. The molecule has 2 rings (SSSR count). The van der Waals surface area contributed by atoms with E-state index in [1.807, 2.05) is 19.9 Å². The van der Waals surface area contributed by atoms with Gasteiger partial charge in [-0.1, -0.05) is 6.07 Å². The Labute approximate surface area is 123 Å². The van der Waals surface area contributed by atoms with Gasteiger partial charge in [0.15, 0.2) is 0 Å². The van der Waals surface area contributed by atoms with Crippen LogP contribution in [-0.4, -0.2) is 14.3 Å². The second-order valence-electron chi connectivity index (χ2n) is 4.75. The summed E-state index contributed by atoms with van der Waals surface area (Å²) in [7, 11) is -3.94. The number of carbonyl (C=O) groups is 1. The molecule has 2 aromatic rings. The molecule has 0 fully saturated rings. The number of nitrogens with two attached hydrogens (primary N) is 1. The molecule has 0 saturated carbocycles. The Morgan fingerprint density at radius 1 is 1.00 bits per heavy atom. The molecule has 1 amide bonds. The van der Waals surface area contributed by atoms with Crippen molar-refractivity contribution in [2.45, 2.75) is 18.7 Å². The monoisotopic (exact) mass is 305 g/mol. The molecule has 0 aromatic heterocycles. The normalized spacial score (nSPS) is 11.1. The number of benzene rings is 2. The summed E-state index contributed by atoms with van der Waals surface area (Å²) in [6.45, 7) is 3.71. The quantitative estimate of drug-likeness (QED) is 0.877. The van der Waals surface area contributed by atoms with E-state index in [0.717, 1.165) is 11.1 Å². The molecule has 0 aliphatic carbocycles. The van der Waals surface area contributed by atoms with Crippen molar-refractivity contribution in [1.82, 2.24) is 0 Å². The number of rotatable bonds is 4. The molecule has 0 radical (unpaired) electrons. The molecule has 6 heteroatoms. The van der Waals surface area contributed by atoms with Gasteiger partial charge in [0.1, 0.15) is 10.6 Å². The third-order valence-electron chi connectivity index (χ3n) is 2.83. The van der Waals surface area contributed by atoms with Gasteiger partial charge in [0.2, 0.25) is 5.91 Å². The lowest BCUT2D eigenvalue weighted by Gasteiger charge is -2.09. The Morgan fingerprint density at radius 2 is 1.52 bits per heavy atom. The second kappa shape index (κ2) is 5.57. The molecule has 0 spiro atoms. The molecule has 0 saturated heterocycles. The van der Waals surface area contributed by atoms with Crippen LogP contribution in [0.15, 0.2) is 47.4 Å². The maximum absolute atomic E-state index is 12.2. The summed E-state index contributed by atoms with van der Waals surface area (Å²) >= 11 is 0. The highest BCUT2D eigenvalue weighted by Gasteiger charge is 2.17. The molecule has 0 heterocycles. The van der Waals surface area contributed by atoms with E-state index < -0.39 is 16.0 Å². The second-order valence-corrected chi connectivity index (χ2v) is 6.30. The van der Waals surface area contributed by atoms with E-state index in [4.69, 9.17) is 9.92 Å². The highest BCUT2D eigenvalue weighted by molar-refractivity contribution is 7.87. The molecule has 0 aliphatic heterocycles. The fourth-order valence-corrected chi connectivity index (χ4v) is 2.86. The number of aryl methyl sites for hydroxylation is 2. The van der Waals surface area contributed by atoms with Gasteiger partial charge in [-0.3, -0.25) is 4.79 Å². The first-order chi connectivity index (χ1) is 9.78. The van der Waals surface area contributed by atoms with Gasteiger partial charge in [-0.25, -0.2) is 0 Å². The summed E-state index contributed by atoms with van der Waals surface area (Å²) < 4.78 is 29.4. The molecule has 0 atom stereocenters. The van der Waals surface area contributed by atoms with Gasteiger partial charge in [-0.2, -0.15) is 8.42 Å². The van der Waals surface area contributed by atoms with Crippen molar-refractivity contribution in [3.05, 3.63) is 59.2 Å². The Morgan fingerprint density at radius 3 is 2.00 bits per heavy atom. The number of amides is 1. The fraction of sp³-hybridized carbons (Fsp3) is 0.133. The Kier molecular flexibility index (Phi) is 3.99. The molecule has 0 bridgehead atoms. The molecular formula is C15H15NO4S. The van der Waals surface area contributed by atoms with Crippen LogP contribution in [0.4, 0.5) is 0 Å². The number of hydrogen-bond acceptors (Lipinski definition) is 4. The van der Waals surface area contributed by atoms with Crippen LogP contribution in [0.5, 0.6) is 5.75 Å². The van der Waals surface area contributed by atoms with Crippen molar-refractivity contribution >= 4 is 16.0 Å². The molecule has 110 valence electrons. The van der Waals surface area contributed by atoms with E-state index in [1.165, 1.54) is 24.3 Å². The van der Waals surface area contributed by atoms with Crippen molar-refractivity contribution in [2.24, 2.45) is 5.73 Å². The average molecular weight is 305 g/mol. The molecule has 0 aliphatic rings. The van der Waals surface area contributed by atoms with Gasteiger partial charge in [-0.15, -0.1) is 0 Å². The van der Waals surface area contributed by atoms with Crippen molar-refractivity contribution < 1.29 is 17.4 Å². The summed E-state index contributed by atoms with van der Waals surface area (Å²) in [5.74, 6) is -0.361. The number of primary amides is 1. The van der Waals surface area contributed by atoms with Crippen LogP contribution < -0.4 is 9.92 Å². The highest BCUT2D eigenvalue weighted by Crippen LogP contribution is 2.21. The first kappa shape index (κ1) is 15.1. The number of carbonyl (C=O) groups excluding carboxylic acids is 1. The third-order valence-corrected chi connectivity index (χ3v) is 4.09. The van der Waals surface area contributed by atoms with E-state index in [2.05, 4.69) is 0 Å². The molecule has 5 nitrogen and oxygen atoms in total. The molecular weight excluding hydrogens is 290 g/mol. The summed E-state index contributed by atoms with van der Waals surface area (Å²) in [6, 6.07) is 10.5. The van der Waals surface area contributed by atoms with Gasteiger partial charge in [0, 0.05) is 5.56 Å². The minimum absolute atomic E-state index is 0.0355. The van der Waals surface area contributed by atoms with Gasteiger partial charge in [-0.05, 0) is 61.4 Å². The first-order valence-corrected chi connectivity index (χ1v) is 7.61. The lowest BCUT2D eigenvalue weighted by molar-refractivity contribution is 0.1000. The maximum Gasteiger partial charge on any atom is 0.339 e. The molecule has 2 aromatic carbocycles. The average Bonchev–Trinajstić information content (AvgIpc) is 2.37. The maximum atomic E-state index is 12.2. The predicted molar refractivity (Wildman–Crippen MR) is 78.7 cm³/mol. The molecule has 2 N–H and O–H groups in total. The van der Waals surface area contributed by atoms with Gasteiger partial charge in [0.05, 0.1) is 0 Å². The van der Waals surface area contributed by atoms with E-state index in [0.29, 0.717) is 0 Å². The van der Waals surface area contributed by atoms with Crippen LogP contribution in [0.25, 0.3) is 0 Å². The van der Waals surface area contributed by atoms with Crippen LogP contribution in [-0.2, 0) is 10.1 Å². The minimum atomic E-state index is -3.94. The SMILES string of the molecule is Cc1cc(C)cc(OS(=O)(=O)c2ccc(C(N)=O)cc2)c1. The van der Waals surface area contributed by atoms with Crippen LogP contribution >= 0.6 is 0 Å². The minimum Gasteiger partial charge on any atom is -0.379 e. The molecule has 21 heavy (non-hydrogen) atoms.